The first-order valence-corrected chi connectivity index (χ1v) is 11.7. The maximum atomic E-state index is 12.7. The Morgan fingerprint density at radius 3 is 2.34 bits per heavy atom. The van der Waals surface area contributed by atoms with Gasteiger partial charge in [-0.1, -0.05) is 11.6 Å². The molecule has 1 aliphatic carbocycles. The number of amides is 1. The summed E-state index contributed by atoms with van der Waals surface area (Å²) in [6, 6.07) is 6.28. The first-order chi connectivity index (χ1) is 14.0. The summed E-state index contributed by atoms with van der Waals surface area (Å²) in [6.07, 6.45) is 5.11. The first-order valence-electron chi connectivity index (χ1n) is 10.3. The largest absolute Gasteiger partial charge is 0.339 e. The van der Waals surface area contributed by atoms with Crippen LogP contribution in [0.2, 0.25) is 0 Å². The molecule has 0 N–H and O–H groups in total. The molecule has 3 fully saturated rings. The van der Waals surface area contributed by atoms with Crippen LogP contribution in [0.25, 0.3) is 0 Å². The van der Waals surface area contributed by atoms with E-state index < -0.39 is 10.0 Å². The van der Waals surface area contributed by atoms with Crippen LogP contribution in [0.4, 0.5) is 0 Å². The maximum Gasteiger partial charge on any atom is 0.253 e. The van der Waals surface area contributed by atoms with Gasteiger partial charge in [-0.05, 0) is 49.9 Å². The molecule has 1 amide bonds. The van der Waals surface area contributed by atoms with Crippen LogP contribution in [0.3, 0.4) is 0 Å². The number of hydrogen-bond acceptors (Lipinski definition) is 6. The Morgan fingerprint density at radius 1 is 1.00 bits per heavy atom. The van der Waals surface area contributed by atoms with E-state index in [2.05, 4.69) is 10.1 Å². The minimum Gasteiger partial charge on any atom is -0.339 e. The van der Waals surface area contributed by atoms with Gasteiger partial charge in [0.1, 0.15) is 0 Å². The first kappa shape index (κ1) is 18.7. The number of nitrogens with zero attached hydrogens (tertiary/aromatic N) is 4. The molecule has 3 heterocycles. The third kappa shape index (κ3) is 3.57. The Morgan fingerprint density at radius 2 is 1.69 bits per heavy atom. The van der Waals surface area contributed by atoms with Gasteiger partial charge in [-0.3, -0.25) is 4.79 Å². The lowest BCUT2D eigenvalue weighted by molar-refractivity contribution is 0.0569. The molecule has 2 aliphatic heterocycles. The second-order valence-electron chi connectivity index (χ2n) is 8.16. The Hall–Kier alpha value is -2.26. The summed E-state index contributed by atoms with van der Waals surface area (Å²) in [5, 5.41) is 4.03. The third-order valence-corrected chi connectivity index (χ3v) is 7.88. The minimum atomic E-state index is -3.48. The standard InChI is InChI=1S/C20H24N4O4S/c25-20(23-12-16(13-23)19-21-18(22-28-19)14-4-5-14)15-6-8-17(9-7-15)29(26,27)24-10-2-1-3-11-24/h6-9,14,16H,1-5,10-13H2. The van der Waals surface area contributed by atoms with Crippen molar-refractivity contribution in [3.63, 3.8) is 0 Å². The molecule has 0 spiro atoms. The monoisotopic (exact) mass is 416 g/mol. The van der Waals surface area contributed by atoms with E-state index in [-0.39, 0.29) is 16.7 Å². The molecular formula is C20H24N4O4S. The van der Waals surface area contributed by atoms with Crippen LogP contribution in [0.15, 0.2) is 33.7 Å². The molecule has 29 heavy (non-hydrogen) atoms. The van der Waals surface area contributed by atoms with E-state index in [1.807, 2.05) is 0 Å². The van der Waals surface area contributed by atoms with E-state index >= 15 is 0 Å². The van der Waals surface area contributed by atoms with Crippen molar-refractivity contribution < 1.29 is 17.7 Å². The van der Waals surface area contributed by atoms with E-state index in [9.17, 15) is 13.2 Å². The lowest BCUT2D eigenvalue weighted by Gasteiger charge is -2.37. The summed E-state index contributed by atoms with van der Waals surface area (Å²) in [5.41, 5.74) is 0.491. The van der Waals surface area contributed by atoms with Gasteiger partial charge in [-0.15, -0.1) is 0 Å². The Kier molecular flexibility index (Phi) is 4.66. The lowest BCUT2D eigenvalue weighted by Crippen LogP contribution is -2.48. The van der Waals surface area contributed by atoms with E-state index in [0.29, 0.717) is 43.6 Å². The van der Waals surface area contributed by atoms with Crippen molar-refractivity contribution in [1.82, 2.24) is 19.3 Å². The van der Waals surface area contributed by atoms with Crippen molar-refractivity contribution in [2.45, 2.75) is 48.8 Å². The average molecular weight is 417 g/mol. The molecule has 8 nitrogen and oxygen atoms in total. The quantitative estimate of drug-likeness (QED) is 0.742. The number of sulfonamides is 1. The van der Waals surface area contributed by atoms with Crippen LogP contribution in [-0.2, 0) is 10.0 Å². The average Bonchev–Trinajstić information content (AvgIpc) is 3.46. The molecule has 9 heteroatoms. The fourth-order valence-electron chi connectivity index (χ4n) is 3.93. The molecule has 5 rings (SSSR count). The summed E-state index contributed by atoms with van der Waals surface area (Å²) in [4.78, 5) is 19.1. The van der Waals surface area contributed by atoms with Crippen molar-refractivity contribution in [3.05, 3.63) is 41.5 Å². The Bertz CT molecular complexity index is 1000. The van der Waals surface area contributed by atoms with Gasteiger partial charge in [-0.25, -0.2) is 8.42 Å². The lowest BCUT2D eigenvalue weighted by atomic mass is 9.99. The number of rotatable bonds is 5. The van der Waals surface area contributed by atoms with Gasteiger partial charge in [-0.2, -0.15) is 9.29 Å². The van der Waals surface area contributed by atoms with Crippen molar-refractivity contribution >= 4 is 15.9 Å². The van der Waals surface area contributed by atoms with Gasteiger partial charge >= 0.3 is 0 Å². The summed E-state index contributed by atoms with van der Waals surface area (Å²) in [7, 11) is -3.48. The summed E-state index contributed by atoms with van der Waals surface area (Å²) in [5.74, 6) is 1.82. The van der Waals surface area contributed by atoms with Gasteiger partial charge in [0.25, 0.3) is 5.91 Å². The number of hydrogen-bond donors (Lipinski definition) is 0. The molecule has 154 valence electrons. The number of carbonyl (C=O) groups excluding carboxylic acids is 1. The van der Waals surface area contributed by atoms with Gasteiger partial charge < -0.3 is 9.42 Å². The number of aromatic nitrogens is 2. The number of benzene rings is 1. The highest BCUT2D eigenvalue weighted by atomic mass is 32.2. The van der Waals surface area contributed by atoms with Crippen LogP contribution in [0, 0.1) is 0 Å². The molecule has 0 atom stereocenters. The number of piperidine rings is 1. The van der Waals surface area contributed by atoms with Crippen molar-refractivity contribution in [1.29, 1.82) is 0 Å². The molecule has 1 aromatic heterocycles. The zero-order chi connectivity index (χ0) is 20.0. The van der Waals surface area contributed by atoms with Gasteiger partial charge in [0.15, 0.2) is 5.82 Å². The van der Waals surface area contributed by atoms with Gasteiger partial charge in [0.2, 0.25) is 15.9 Å². The summed E-state index contributed by atoms with van der Waals surface area (Å²) >= 11 is 0. The second-order valence-corrected chi connectivity index (χ2v) is 10.1. The highest BCUT2D eigenvalue weighted by molar-refractivity contribution is 7.89. The zero-order valence-electron chi connectivity index (χ0n) is 16.2. The maximum absolute atomic E-state index is 12.7. The number of likely N-dealkylation sites (tertiary alicyclic amines) is 1. The van der Waals surface area contributed by atoms with Crippen LogP contribution >= 0.6 is 0 Å². The predicted molar refractivity (Wildman–Crippen MR) is 104 cm³/mol. The third-order valence-electron chi connectivity index (χ3n) is 5.97. The summed E-state index contributed by atoms with van der Waals surface area (Å²) < 4.78 is 32.3. The molecular weight excluding hydrogens is 392 g/mol. The molecule has 0 bridgehead atoms. The molecule has 2 aromatic rings. The fourth-order valence-corrected chi connectivity index (χ4v) is 5.44. The van der Waals surface area contributed by atoms with E-state index in [4.69, 9.17) is 4.52 Å². The Balaban J connectivity index is 1.21. The van der Waals surface area contributed by atoms with E-state index in [1.54, 1.807) is 17.0 Å². The minimum absolute atomic E-state index is 0.0812. The van der Waals surface area contributed by atoms with E-state index in [0.717, 1.165) is 37.9 Å². The fraction of sp³-hybridized carbons (Fsp3) is 0.550. The van der Waals surface area contributed by atoms with Crippen LogP contribution in [0.1, 0.15) is 66.0 Å². The highest BCUT2D eigenvalue weighted by Crippen LogP contribution is 2.39. The van der Waals surface area contributed by atoms with Crippen LogP contribution in [0.5, 0.6) is 0 Å². The number of carbonyl (C=O) groups is 1. The Labute approximate surface area is 169 Å². The van der Waals surface area contributed by atoms with Crippen LogP contribution in [-0.4, -0.2) is 59.8 Å². The van der Waals surface area contributed by atoms with Gasteiger partial charge in [0.05, 0.1) is 10.8 Å². The summed E-state index contributed by atoms with van der Waals surface area (Å²) in [6.45, 7) is 2.21. The van der Waals surface area contributed by atoms with Crippen LogP contribution < -0.4 is 0 Å². The van der Waals surface area contributed by atoms with Crippen molar-refractivity contribution in [2.24, 2.45) is 0 Å². The predicted octanol–water partition coefficient (Wildman–Crippen LogP) is 2.36. The van der Waals surface area contributed by atoms with Crippen molar-refractivity contribution in [2.75, 3.05) is 26.2 Å². The topological polar surface area (TPSA) is 96.6 Å². The molecule has 1 aromatic carbocycles. The molecule has 2 saturated heterocycles. The van der Waals surface area contributed by atoms with Gasteiger partial charge in [0, 0.05) is 37.7 Å². The smallest absolute Gasteiger partial charge is 0.253 e. The second kappa shape index (κ2) is 7.21. The normalized spacial score (nSPS) is 21.2. The molecule has 0 unspecified atom stereocenters. The van der Waals surface area contributed by atoms with Crippen molar-refractivity contribution in [3.8, 4) is 0 Å². The zero-order valence-corrected chi connectivity index (χ0v) is 17.0. The molecule has 0 radical (unpaired) electrons. The SMILES string of the molecule is O=C(c1ccc(S(=O)(=O)N2CCCCC2)cc1)N1CC(c2nc(C3CC3)no2)C1. The molecule has 1 saturated carbocycles. The van der Waals surface area contributed by atoms with E-state index in [1.165, 1.54) is 16.4 Å². The molecule has 3 aliphatic rings. The highest BCUT2D eigenvalue weighted by Gasteiger charge is 2.37.